The normalized spacial score (nSPS) is 18.0. The molecule has 2 aromatic carbocycles. The lowest BCUT2D eigenvalue weighted by Crippen LogP contribution is -2.49. The highest BCUT2D eigenvalue weighted by Gasteiger charge is 2.25. The first-order chi connectivity index (χ1) is 17.3. The number of nitrogens with one attached hydrogen (secondary N) is 2. The van der Waals surface area contributed by atoms with E-state index in [9.17, 15) is 14.3 Å². The lowest BCUT2D eigenvalue weighted by molar-refractivity contribution is 0.0662. The number of amides is 2. The Morgan fingerprint density at radius 2 is 2.03 bits per heavy atom. The van der Waals surface area contributed by atoms with Gasteiger partial charge in [0.05, 0.1) is 12.1 Å². The van der Waals surface area contributed by atoms with Gasteiger partial charge in [-0.15, -0.1) is 5.10 Å². The summed E-state index contributed by atoms with van der Waals surface area (Å²) in [5, 5.41) is 28.0. The quantitative estimate of drug-likeness (QED) is 0.443. The molecule has 0 aliphatic carbocycles. The maximum atomic E-state index is 13.2. The highest BCUT2D eigenvalue weighted by atomic mass is 19.1. The molecule has 0 unspecified atom stereocenters. The standard InChI is InChI=1S/C26H34FN7O2/c1-17-11-21(25-30-31-32-33(25)3)14-23(12-17)29-26(36)28-18(2)24(35)16-34-10-4-5-20(15-34)13-19-6-8-22(27)9-7-19/h6-9,11-12,14,18,20,24,35H,4-5,10,13,15-16H2,1-3H3,(H2,28,29,36)/t18-,20+,24+/m1/s1. The number of anilines is 1. The number of hydrogen-bond donors (Lipinski definition) is 3. The Labute approximate surface area is 210 Å². The lowest BCUT2D eigenvalue weighted by atomic mass is 9.91. The smallest absolute Gasteiger partial charge is 0.319 e. The molecule has 1 saturated heterocycles. The molecule has 10 heteroatoms. The number of urea groups is 1. The Balaban J connectivity index is 1.28. The zero-order valence-electron chi connectivity index (χ0n) is 21.0. The largest absolute Gasteiger partial charge is 0.390 e. The molecule has 0 bridgehead atoms. The minimum atomic E-state index is -0.710. The Kier molecular flexibility index (Phi) is 8.27. The molecule has 1 fully saturated rings. The summed E-state index contributed by atoms with van der Waals surface area (Å²) in [5.41, 5.74) is 3.50. The molecular weight excluding hydrogens is 461 g/mol. The maximum absolute atomic E-state index is 13.2. The lowest BCUT2D eigenvalue weighted by Gasteiger charge is -2.35. The van der Waals surface area contributed by atoms with E-state index in [1.807, 2.05) is 37.3 Å². The van der Waals surface area contributed by atoms with E-state index in [2.05, 4.69) is 31.1 Å². The van der Waals surface area contributed by atoms with Gasteiger partial charge in [-0.05, 0) is 97.5 Å². The monoisotopic (exact) mass is 495 g/mol. The summed E-state index contributed by atoms with van der Waals surface area (Å²) in [6.45, 7) is 6.01. The van der Waals surface area contributed by atoms with E-state index < -0.39 is 12.1 Å². The van der Waals surface area contributed by atoms with Crippen molar-refractivity contribution in [3.05, 3.63) is 59.4 Å². The Hall–Kier alpha value is -3.37. The fourth-order valence-corrected chi connectivity index (χ4v) is 4.79. The van der Waals surface area contributed by atoms with Crippen molar-refractivity contribution in [2.24, 2.45) is 13.0 Å². The first kappa shape index (κ1) is 25.7. The number of halogens is 1. The van der Waals surface area contributed by atoms with Gasteiger partial charge in [-0.1, -0.05) is 12.1 Å². The Bertz CT molecular complexity index is 1170. The number of aliphatic hydroxyl groups is 1. The molecule has 0 saturated carbocycles. The van der Waals surface area contributed by atoms with Gasteiger partial charge in [0.2, 0.25) is 0 Å². The number of nitrogens with zero attached hydrogens (tertiary/aromatic N) is 5. The topological polar surface area (TPSA) is 108 Å². The summed E-state index contributed by atoms with van der Waals surface area (Å²) in [4.78, 5) is 14.9. The molecule has 2 heterocycles. The number of carbonyl (C=O) groups is 1. The second kappa shape index (κ2) is 11.6. The van der Waals surface area contributed by atoms with Crippen molar-refractivity contribution in [2.75, 3.05) is 25.0 Å². The number of likely N-dealkylation sites (tertiary alicyclic amines) is 1. The van der Waals surface area contributed by atoms with Crippen LogP contribution in [0, 0.1) is 18.7 Å². The fourth-order valence-electron chi connectivity index (χ4n) is 4.79. The van der Waals surface area contributed by atoms with Gasteiger partial charge in [0, 0.05) is 31.4 Å². The van der Waals surface area contributed by atoms with Crippen LogP contribution >= 0.6 is 0 Å². The third-order valence-corrected chi connectivity index (χ3v) is 6.64. The van der Waals surface area contributed by atoms with Crippen LogP contribution in [0.3, 0.4) is 0 Å². The average Bonchev–Trinajstić information content (AvgIpc) is 3.26. The SMILES string of the molecule is Cc1cc(NC(=O)N[C@H](C)[C@@H](O)CN2CCC[C@@H](Cc3ccc(F)cc3)C2)cc(-c2nnnn2C)c1. The highest BCUT2D eigenvalue weighted by molar-refractivity contribution is 5.90. The first-order valence-electron chi connectivity index (χ1n) is 12.3. The van der Waals surface area contributed by atoms with Gasteiger partial charge >= 0.3 is 6.03 Å². The molecule has 36 heavy (non-hydrogen) atoms. The molecule has 2 amide bonds. The van der Waals surface area contributed by atoms with Crippen molar-refractivity contribution in [3.8, 4) is 11.4 Å². The van der Waals surface area contributed by atoms with Gasteiger partial charge in [0.1, 0.15) is 5.82 Å². The van der Waals surface area contributed by atoms with E-state index in [0.717, 1.165) is 49.0 Å². The van der Waals surface area contributed by atoms with E-state index in [4.69, 9.17) is 0 Å². The Morgan fingerprint density at radius 3 is 2.75 bits per heavy atom. The minimum Gasteiger partial charge on any atom is -0.390 e. The molecule has 3 N–H and O–H groups in total. The minimum absolute atomic E-state index is 0.219. The van der Waals surface area contributed by atoms with Crippen molar-refractivity contribution in [3.63, 3.8) is 0 Å². The molecule has 0 radical (unpaired) electrons. The summed E-state index contributed by atoms with van der Waals surface area (Å²) in [6.07, 6.45) is 2.35. The van der Waals surface area contributed by atoms with Crippen molar-refractivity contribution in [2.45, 2.75) is 45.3 Å². The number of β-amino-alcohol motifs (C(OH)–C–C–N with tert-alkyl or cyclic N) is 1. The molecule has 4 rings (SSSR count). The van der Waals surface area contributed by atoms with Crippen LogP contribution in [0.15, 0.2) is 42.5 Å². The number of aliphatic hydroxyl groups excluding tert-OH is 1. The zero-order valence-corrected chi connectivity index (χ0v) is 21.0. The number of aromatic nitrogens is 4. The van der Waals surface area contributed by atoms with Crippen LogP contribution < -0.4 is 10.6 Å². The van der Waals surface area contributed by atoms with E-state index in [-0.39, 0.29) is 11.8 Å². The van der Waals surface area contributed by atoms with E-state index in [0.29, 0.717) is 24.0 Å². The molecule has 192 valence electrons. The van der Waals surface area contributed by atoms with Crippen LogP contribution in [0.4, 0.5) is 14.9 Å². The number of benzene rings is 2. The zero-order chi connectivity index (χ0) is 25.7. The molecule has 9 nitrogen and oxygen atoms in total. The van der Waals surface area contributed by atoms with Crippen LogP contribution in [0.1, 0.15) is 30.9 Å². The number of tetrazole rings is 1. The summed E-state index contributed by atoms with van der Waals surface area (Å²) < 4.78 is 14.8. The highest BCUT2D eigenvalue weighted by Crippen LogP contribution is 2.23. The predicted octanol–water partition coefficient (Wildman–Crippen LogP) is 3.15. The van der Waals surface area contributed by atoms with Crippen molar-refractivity contribution in [1.82, 2.24) is 30.4 Å². The van der Waals surface area contributed by atoms with Crippen molar-refractivity contribution in [1.29, 1.82) is 0 Å². The second-order valence-electron chi connectivity index (χ2n) is 9.77. The van der Waals surface area contributed by atoms with Crippen LogP contribution in [0.25, 0.3) is 11.4 Å². The van der Waals surface area contributed by atoms with Crippen molar-refractivity contribution < 1.29 is 14.3 Å². The van der Waals surface area contributed by atoms with Gasteiger partial charge in [-0.25, -0.2) is 13.9 Å². The summed E-state index contributed by atoms with van der Waals surface area (Å²) in [5.74, 6) is 0.844. The third kappa shape index (κ3) is 6.86. The van der Waals surface area contributed by atoms with Crippen LogP contribution in [-0.4, -0.2) is 68.0 Å². The molecule has 0 spiro atoms. The Morgan fingerprint density at radius 1 is 1.25 bits per heavy atom. The van der Waals surface area contributed by atoms with Crippen LogP contribution in [0.2, 0.25) is 0 Å². The van der Waals surface area contributed by atoms with Crippen LogP contribution in [-0.2, 0) is 13.5 Å². The number of carbonyl (C=O) groups excluding carboxylic acids is 1. The molecule has 1 aromatic heterocycles. The van der Waals surface area contributed by atoms with Crippen LogP contribution in [0.5, 0.6) is 0 Å². The van der Waals surface area contributed by atoms with Gasteiger partial charge < -0.3 is 20.6 Å². The fraction of sp³-hybridized carbons (Fsp3) is 0.462. The molecule has 1 aliphatic rings. The van der Waals surface area contributed by atoms with Gasteiger partial charge in [0.25, 0.3) is 0 Å². The number of piperidine rings is 1. The number of rotatable bonds is 8. The summed E-state index contributed by atoms with van der Waals surface area (Å²) >= 11 is 0. The molecular formula is C26H34FN7O2. The third-order valence-electron chi connectivity index (χ3n) is 6.64. The van der Waals surface area contributed by atoms with E-state index in [1.54, 1.807) is 18.7 Å². The second-order valence-corrected chi connectivity index (χ2v) is 9.77. The van der Waals surface area contributed by atoms with Gasteiger partial charge in [-0.3, -0.25) is 0 Å². The summed E-state index contributed by atoms with van der Waals surface area (Å²) in [6, 6.07) is 11.5. The average molecular weight is 496 g/mol. The van der Waals surface area contributed by atoms with E-state index in [1.165, 1.54) is 12.1 Å². The number of aryl methyl sites for hydroxylation is 2. The van der Waals surface area contributed by atoms with Gasteiger partial charge in [-0.2, -0.15) is 0 Å². The molecule has 3 aromatic rings. The first-order valence-corrected chi connectivity index (χ1v) is 12.3. The molecule has 3 atom stereocenters. The molecule has 1 aliphatic heterocycles. The van der Waals surface area contributed by atoms with Gasteiger partial charge in [0.15, 0.2) is 5.82 Å². The van der Waals surface area contributed by atoms with E-state index >= 15 is 0 Å². The predicted molar refractivity (Wildman–Crippen MR) is 136 cm³/mol. The van der Waals surface area contributed by atoms with Crippen molar-refractivity contribution >= 4 is 11.7 Å². The maximum Gasteiger partial charge on any atom is 0.319 e. The number of hydrogen-bond acceptors (Lipinski definition) is 6. The summed E-state index contributed by atoms with van der Waals surface area (Å²) in [7, 11) is 1.76.